The zero-order chi connectivity index (χ0) is 13.7. The van der Waals surface area contributed by atoms with Crippen molar-refractivity contribution in [2.45, 2.75) is 51.5 Å². The molecule has 0 aromatic heterocycles. The molecule has 106 valence electrons. The number of hydrogen-bond acceptors (Lipinski definition) is 2. The van der Waals surface area contributed by atoms with Crippen LogP contribution in [0.2, 0.25) is 0 Å². The first-order valence-electron chi connectivity index (χ1n) is 7.32. The molecular formula is C16H24BrNO. The molecule has 19 heavy (non-hydrogen) atoms. The molecule has 1 aliphatic rings. The second-order valence-electron chi connectivity index (χ2n) is 5.63. The van der Waals surface area contributed by atoms with Crippen molar-refractivity contribution in [2.24, 2.45) is 0 Å². The van der Waals surface area contributed by atoms with Gasteiger partial charge in [-0.1, -0.05) is 26.3 Å². The molecule has 0 radical (unpaired) electrons. The first-order chi connectivity index (χ1) is 9.16. The lowest BCUT2D eigenvalue weighted by Crippen LogP contribution is -2.35. The Kier molecular flexibility index (Phi) is 5.71. The summed E-state index contributed by atoms with van der Waals surface area (Å²) in [5.74, 6) is 1.51. The maximum atomic E-state index is 5.89. The van der Waals surface area contributed by atoms with Crippen molar-refractivity contribution in [2.75, 3.05) is 13.2 Å². The fraction of sp³-hybridized carbons (Fsp3) is 0.625. The largest absolute Gasteiger partial charge is 0.492 e. The summed E-state index contributed by atoms with van der Waals surface area (Å²) in [5.41, 5.74) is 1.34. The average Bonchev–Trinajstić information content (AvgIpc) is 2.41. The summed E-state index contributed by atoms with van der Waals surface area (Å²) >= 11 is 3.60. The smallest absolute Gasteiger partial charge is 0.133 e. The van der Waals surface area contributed by atoms with Crippen LogP contribution >= 0.6 is 15.9 Å². The third-order valence-corrected chi connectivity index (χ3v) is 4.38. The van der Waals surface area contributed by atoms with Crippen molar-refractivity contribution in [1.82, 2.24) is 5.32 Å². The second kappa shape index (κ2) is 7.30. The Morgan fingerprint density at radius 2 is 2.21 bits per heavy atom. The second-order valence-corrected chi connectivity index (χ2v) is 6.48. The third-order valence-electron chi connectivity index (χ3n) is 3.76. The van der Waals surface area contributed by atoms with Crippen molar-refractivity contribution < 1.29 is 4.74 Å². The lowest BCUT2D eigenvalue weighted by atomic mass is 10.0. The predicted octanol–water partition coefficient (Wildman–Crippen LogP) is 4.48. The Morgan fingerprint density at radius 1 is 1.37 bits per heavy atom. The first kappa shape index (κ1) is 14.9. The van der Waals surface area contributed by atoms with Crippen molar-refractivity contribution in [3.8, 4) is 5.75 Å². The van der Waals surface area contributed by atoms with Crippen molar-refractivity contribution in [1.29, 1.82) is 0 Å². The number of halogens is 1. The Hall–Kier alpha value is -0.540. The quantitative estimate of drug-likeness (QED) is 0.861. The van der Waals surface area contributed by atoms with E-state index >= 15 is 0 Å². The molecule has 1 N–H and O–H groups in total. The molecule has 2 rings (SSSR count). The van der Waals surface area contributed by atoms with Crippen LogP contribution in [-0.4, -0.2) is 19.2 Å². The van der Waals surface area contributed by atoms with Crippen molar-refractivity contribution >= 4 is 15.9 Å². The number of ether oxygens (including phenoxy) is 1. The van der Waals surface area contributed by atoms with E-state index in [0.29, 0.717) is 12.0 Å². The molecule has 0 spiro atoms. The van der Waals surface area contributed by atoms with Crippen molar-refractivity contribution in [3.63, 3.8) is 0 Å². The third kappa shape index (κ3) is 4.50. The molecule has 1 heterocycles. The molecule has 1 unspecified atom stereocenters. The standard InChI is InChI=1S/C16H24BrNO/c1-12(2)13-6-7-16(15(17)11-13)19-10-8-14-5-3-4-9-18-14/h6-7,11-12,14,18H,3-5,8-10H2,1-2H3. The SMILES string of the molecule is CC(C)c1ccc(OCCC2CCCCN2)c(Br)c1. The van der Waals surface area contributed by atoms with E-state index in [2.05, 4.69) is 53.3 Å². The summed E-state index contributed by atoms with van der Waals surface area (Å²) < 4.78 is 6.95. The summed E-state index contributed by atoms with van der Waals surface area (Å²) in [5, 5.41) is 3.55. The highest BCUT2D eigenvalue weighted by Crippen LogP contribution is 2.29. The highest BCUT2D eigenvalue weighted by atomic mass is 79.9. The summed E-state index contributed by atoms with van der Waals surface area (Å²) in [7, 11) is 0. The maximum absolute atomic E-state index is 5.89. The van der Waals surface area contributed by atoms with Gasteiger partial charge in [0, 0.05) is 6.04 Å². The zero-order valence-electron chi connectivity index (χ0n) is 11.9. The van der Waals surface area contributed by atoms with E-state index in [1.165, 1.54) is 24.8 Å². The molecule has 3 heteroatoms. The number of nitrogens with one attached hydrogen (secondary N) is 1. The van der Waals surface area contributed by atoms with Crippen LogP contribution in [0.5, 0.6) is 5.75 Å². The highest BCUT2D eigenvalue weighted by molar-refractivity contribution is 9.10. The van der Waals surface area contributed by atoms with Crippen LogP contribution < -0.4 is 10.1 Å². The van der Waals surface area contributed by atoms with Crippen LogP contribution in [-0.2, 0) is 0 Å². The molecule has 0 amide bonds. The Labute approximate surface area is 125 Å². The van der Waals surface area contributed by atoms with E-state index in [1.807, 2.05) is 0 Å². The molecule has 1 aromatic carbocycles. The molecule has 2 nitrogen and oxygen atoms in total. The van der Waals surface area contributed by atoms with E-state index in [1.54, 1.807) is 0 Å². The maximum Gasteiger partial charge on any atom is 0.133 e. The monoisotopic (exact) mass is 325 g/mol. The molecule has 1 fully saturated rings. The van der Waals surface area contributed by atoms with Crippen LogP contribution in [0.4, 0.5) is 0 Å². The van der Waals surface area contributed by atoms with Gasteiger partial charge in [0.1, 0.15) is 5.75 Å². The molecular weight excluding hydrogens is 302 g/mol. The fourth-order valence-electron chi connectivity index (χ4n) is 2.47. The number of rotatable bonds is 5. The van der Waals surface area contributed by atoms with E-state index in [4.69, 9.17) is 4.74 Å². The lowest BCUT2D eigenvalue weighted by molar-refractivity contribution is 0.267. The summed E-state index contributed by atoms with van der Waals surface area (Å²) in [4.78, 5) is 0. The number of piperidine rings is 1. The van der Waals surface area contributed by atoms with Gasteiger partial charge >= 0.3 is 0 Å². The molecule has 0 aliphatic carbocycles. The first-order valence-corrected chi connectivity index (χ1v) is 8.11. The number of benzene rings is 1. The molecule has 1 saturated heterocycles. The van der Waals surface area contributed by atoms with Gasteiger partial charge < -0.3 is 10.1 Å². The molecule has 0 saturated carbocycles. The van der Waals surface area contributed by atoms with Crippen LogP contribution in [0, 0.1) is 0 Å². The fourth-order valence-corrected chi connectivity index (χ4v) is 2.99. The normalized spacial score (nSPS) is 19.7. The van der Waals surface area contributed by atoms with Crippen LogP contribution in [0.15, 0.2) is 22.7 Å². The van der Waals surface area contributed by atoms with Crippen LogP contribution in [0.1, 0.15) is 51.0 Å². The predicted molar refractivity (Wildman–Crippen MR) is 84.0 cm³/mol. The molecule has 1 atom stereocenters. The highest BCUT2D eigenvalue weighted by Gasteiger charge is 2.12. The van der Waals surface area contributed by atoms with Gasteiger partial charge in [0.15, 0.2) is 0 Å². The van der Waals surface area contributed by atoms with Gasteiger partial charge in [0.05, 0.1) is 11.1 Å². The van der Waals surface area contributed by atoms with Gasteiger partial charge in [0.2, 0.25) is 0 Å². The van der Waals surface area contributed by atoms with Gasteiger partial charge in [-0.3, -0.25) is 0 Å². The minimum Gasteiger partial charge on any atom is -0.492 e. The van der Waals surface area contributed by atoms with Crippen LogP contribution in [0.25, 0.3) is 0 Å². The lowest BCUT2D eigenvalue weighted by Gasteiger charge is -2.23. The van der Waals surface area contributed by atoms with Gasteiger partial charge in [-0.2, -0.15) is 0 Å². The summed E-state index contributed by atoms with van der Waals surface area (Å²) in [6.45, 7) is 6.36. The molecule has 0 bridgehead atoms. The van der Waals surface area contributed by atoms with E-state index in [9.17, 15) is 0 Å². The van der Waals surface area contributed by atoms with Crippen LogP contribution in [0.3, 0.4) is 0 Å². The average molecular weight is 326 g/mol. The molecule has 1 aliphatic heterocycles. The Bertz CT molecular complexity index is 400. The van der Waals surface area contributed by atoms with E-state index in [0.717, 1.165) is 29.8 Å². The van der Waals surface area contributed by atoms with Gasteiger partial charge in [-0.15, -0.1) is 0 Å². The summed E-state index contributed by atoms with van der Waals surface area (Å²) in [6.07, 6.45) is 5.05. The number of hydrogen-bond donors (Lipinski definition) is 1. The van der Waals surface area contributed by atoms with Gasteiger partial charge in [0.25, 0.3) is 0 Å². The topological polar surface area (TPSA) is 21.3 Å². The minimum absolute atomic E-state index is 0.553. The molecule has 1 aromatic rings. The minimum atomic E-state index is 0.553. The Balaban J connectivity index is 1.82. The Morgan fingerprint density at radius 3 is 2.84 bits per heavy atom. The van der Waals surface area contributed by atoms with Gasteiger partial charge in [-0.05, 0) is 65.4 Å². The zero-order valence-corrected chi connectivity index (χ0v) is 13.5. The van der Waals surface area contributed by atoms with Gasteiger partial charge in [-0.25, -0.2) is 0 Å². The van der Waals surface area contributed by atoms with Crippen molar-refractivity contribution in [3.05, 3.63) is 28.2 Å². The van der Waals surface area contributed by atoms with E-state index in [-0.39, 0.29) is 0 Å². The van der Waals surface area contributed by atoms with E-state index < -0.39 is 0 Å². The summed E-state index contributed by atoms with van der Waals surface area (Å²) in [6, 6.07) is 7.04.